The molecular formula is C39H43NO5. The fraction of sp³-hybridized carbons (Fsp3) is 0.308. The third kappa shape index (κ3) is 6.56. The Morgan fingerprint density at radius 2 is 0.711 bits per heavy atom. The van der Waals surface area contributed by atoms with Crippen LogP contribution in [0.2, 0.25) is 0 Å². The summed E-state index contributed by atoms with van der Waals surface area (Å²) in [7, 11) is 0. The van der Waals surface area contributed by atoms with Crippen molar-refractivity contribution in [2.75, 3.05) is 5.73 Å². The van der Waals surface area contributed by atoms with E-state index in [2.05, 4.69) is 0 Å². The van der Waals surface area contributed by atoms with Gasteiger partial charge in [0.15, 0.2) is 18.9 Å². The zero-order chi connectivity index (χ0) is 33.6. The lowest BCUT2D eigenvalue weighted by molar-refractivity contribution is 0.111. The molecule has 0 aliphatic carbocycles. The van der Waals surface area contributed by atoms with Gasteiger partial charge in [-0.25, -0.2) is 0 Å². The number of anilines is 1. The van der Waals surface area contributed by atoms with Gasteiger partial charge in [0, 0.05) is 22.4 Å². The molecule has 0 saturated heterocycles. The van der Waals surface area contributed by atoms with Crippen LogP contribution >= 0.6 is 0 Å². The summed E-state index contributed by atoms with van der Waals surface area (Å²) < 4.78 is 0. The number of hydrogen-bond donors (Lipinski definition) is 3. The molecule has 0 amide bonds. The number of aromatic hydroxyl groups is 2. The molecule has 0 atom stereocenters. The lowest BCUT2D eigenvalue weighted by atomic mass is 9.81. The number of aldehydes is 3. The number of phenolic OH excluding ortho intramolecular Hbond substituents is 2. The van der Waals surface area contributed by atoms with E-state index in [-0.39, 0.29) is 28.0 Å². The van der Waals surface area contributed by atoms with Gasteiger partial charge in [-0.3, -0.25) is 14.4 Å². The van der Waals surface area contributed by atoms with Gasteiger partial charge in [0.1, 0.15) is 11.5 Å². The molecule has 0 bridgehead atoms. The number of benzene rings is 4. The van der Waals surface area contributed by atoms with Crippen molar-refractivity contribution < 1.29 is 24.6 Å². The van der Waals surface area contributed by atoms with Crippen LogP contribution in [0.4, 0.5) is 5.69 Å². The molecule has 0 aliphatic heterocycles. The number of phenols is 2. The molecule has 4 N–H and O–H groups in total. The van der Waals surface area contributed by atoms with Crippen LogP contribution in [-0.4, -0.2) is 29.1 Å². The first kappa shape index (κ1) is 33.2. The maximum absolute atomic E-state index is 12.1. The van der Waals surface area contributed by atoms with Gasteiger partial charge in [-0.2, -0.15) is 0 Å². The quantitative estimate of drug-likeness (QED) is 0.149. The maximum Gasteiger partial charge on any atom is 0.153 e. The minimum Gasteiger partial charge on any atom is -0.507 e. The largest absolute Gasteiger partial charge is 0.507 e. The second-order valence-corrected chi connectivity index (χ2v) is 14.9. The number of carbonyl (C=O) groups is 3. The Bertz CT molecular complexity index is 1600. The van der Waals surface area contributed by atoms with Crippen molar-refractivity contribution in [1.29, 1.82) is 0 Å². The highest BCUT2D eigenvalue weighted by molar-refractivity contribution is 5.92. The van der Waals surface area contributed by atoms with Crippen LogP contribution in [0.1, 0.15) is 110 Å². The van der Waals surface area contributed by atoms with Crippen LogP contribution < -0.4 is 5.73 Å². The van der Waals surface area contributed by atoms with Crippen molar-refractivity contribution in [1.82, 2.24) is 0 Å². The molecule has 0 saturated carbocycles. The lowest BCUT2D eigenvalue weighted by Crippen LogP contribution is -2.15. The van der Waals surface area contributed by atoms with E-state index >= 15 is 0 Å². The number of carbonyl (C=O) groups excluding carboxylic acids is 3. The van der Waals surface area contributed by atoms with E-state index in [0.717, 1.165) is 45.2 Å². The summed E-state index contributed by atoms with van der Waals surface area (Å²) in [5, 5.41) is 21.8. The molecule has 4 aromatic carbocycles. The molecule has 0 fully saturated rings. The predicted octanol–water partition coefficient (Wildman–Crippen LogP) is 9.01. The molecule has 0 spiro atoms. The Hall–Kier alpha value is -4.71. The van der Waals surface area contributed by atoms with Crippen LogP contribution in [0, 0.1) is 0 Å². The van der Waals surface area contributed by atoms with Crippen molar-refractivity contribution in [3.63, 3.8) is 0 Å². The number of hydrogen-bond acceptors (Lipinski definition) is 6. The van der Waals surface area contributed by atoms with Crippen LogP contribution in [0.3, 0.4) is 0 Å². The number of nitrogen functional groups attached to an aromatic ring is 1. The predicted molar refractivity (Wildman–Crippen MR) is 183 cm³/mol. The smallest absolute Gasteiger partial charge is 0.153 e. The average molecular weight is 606 g/mol. The Kier molecular flexibility index (Phi) is 8.60. The highest BCUT2D eigenvalue weighted by Crippen LogP contribution is 2.42. The first-order valence-corrected chi connectivity index (χ1v) is 15.0. The summed E-state index contributed by atoms with van der Waals surface area (Å²) in [5.41, 5.74) is 13.0. The van der Waals surface area contributed by atoms with E-state index in [9.17, 15) is 24.6 Å². The molecule has 234 valence electrons. The molecule has 6 heteroatoms. The third-order valence-electron chi connectivity index (χ3n) is 8.23. The summed E-state index contributed by atoms with van der Waals surface area (Å²) in [4.78, 5) is 36.3. The molecule has 0 radical (unpaired) electrons. The second kappa shape index (κ2) is 11.7. The standard InChI is InChI=1S/C39H43NO5/c1-37(2,3)31-16-25(13-28(19-41)34(31)40)22-10-23(26-14-29(20-42)35(44)32(17-26)38(4,5)6)12-24(11-22)27-15-30(21-43)36(45)33(18-27)39(7,8)9/h10-21,44-45H,40H2,1-9H3. The van der Waals surface area contributed by atoms with Gasteiger partial charge in [-0.15, -0.1) is 0 Å². The topological polar surface area (TPSA) is 118 Å². The average Bonchev–Trinajstić information content (AvgIpc) is 2.95. The Labute approximate surface area is 265 Å². The summed E-state index contributed by atoms with van der Waals surface area (Å²) >= 11 is 0. The second-order valence-electron chi connectivity index (χ2n) is 14.9. The molecular weight excluding hydrogens is 562 g/mol. The van der Waals surface area contributed by atoms with E-state index in [4.69, 9.17) is 5.73 Å². The molecule has 0 aromatic heterocycles. The van der Waals surface area contributed by atoms with Crippen molar-refractivity contribution in [2.45, 2.75) is 78.6 Å². The van der Waals surface area contributed by atoms with E-state index in [0.29, 0.717) is 35.0 Å². The summed E-state index contributed by atoms with van der Waals surface area (Å²) in [6.07, 6.45) is 2.06. The fourth-order valence-electron chi connectivity index (χ4n) is 5.66. The highest BCUT2D eigenvalue weighted by Gasteiger charge is 2.25. The first-order chi connectivity index (χ1) is 20.8. The van der Waals surface area contributed by atoms with E-state index in [1.807, 2.05) is 98.7 Å². The van der Waals surface area contributed by atoms with E-state index in [1.54, 1.807) is 18.2 Å². The number of nitrogens with two attached hydrogens (primary N) is 1. The minimum atomic E-state index is -0.451. The molecule has 45 heavy (non-hydrogen) atoms. The van der Waals surface area contributed by atoms with E-state index in [1.165, 1.54) is 0 Å². The Morgan fingerprint density at radius 1 is 0.444 bits per heavy atom. The van der Waals surface area contributed by atoms with Crippen LogP contribution in [0.25, 0.3) is 33.4 Å². The molecule has 0 heterocycles. The summed E-state index contributed by atoms with van der Waals surface area (Å²) in [6.45, 7) is 17.9. The monoisotopic (exact) mass is 605 g/mol. The van der Waals surface area contributed by atoms with Gasteiger partial charge in [-0.05, 0) is 110 Å². The maximum atomic E-state index is 12.1. The van der Waals surface area contributed by atoms with Crippen molar-refractivity contribution in [2.24, 2.45) is 0 Å². The molecule has 6 nitrogen and oxygen atoms in total. The van der Waals surface area contributed by atoms with Gasteiger partial charge >= 0.3 is 0 Å². The highest BCUT2D eigenvalue weighted by atomic mass is 16.3. The Morgan fingerprint density at radius 3 is 1.00 bits per heavy atom. The van der Waals surface area contributed by atoms with Gasteiger partial charge < -0.3 is 15.9 Å². The van der Waals surface area contributed by atoms with Gasteiger partial charge in [0.05, 0.1) is 11.1 Å². The van der Waals surface area contributed by atoms with Gasteiger partial charge in [0.25, 0.3) is 0 Å². The molecule has 4 rings (SSSR count). The SMILES string of the molecule is CC(C)(C)c1cc(-c2cc(-c3cc(C=O)c(O)c(C(C)(C)C)c3)cc(-c3cc(C=O)c(O)c(C(C)(C)C)c3)c2)cc(C=O)c1N. The first-order valence-electron chi connectivity index (χ1n) is 15.0. The van der Waals surface area contributed by atoms with Crippen LogP contribution in [-0.2, 0) is 16.2 Å². The molecule has 0 unspecified atom stereocenters. The third-order valence-corrected chi connectivity index (χ3v) is 8.23. The van der Waals surface area contributed by atoms with Crippen LogP contribution in [0.15, 0.2) is 54.6 Å². The normalized spacial score (nSPS) is 12.2. The minimum absolute atomic E-state index is 0.0504. The lowest BCUT2D eigenvalue weighted by Gasteiger charge is -2.24. The number of rotatable bonds is 6. The zero-order valence-electron chi connectivity index (χ0n) is 27.6. The van der Waals surface area contributed by atoms with Crippen molar-refractivity contribution >= 4 is 24.5 Å². The summed E-state index contributed by atoms with van der Waals surface area (Å²) in [6, 6.07) is 16.8. The molecule has 0 aliphatic rings. The molecule has 4 aromatic rings. The Balaban J connectivity index is 2.15. The fourth-order valence-corrected chi connectivity index (χ4v) is 5.66. The summed E-state index contributed by atoms with van der Waals surface area (Å²) in [5.74, 6) is -0.101. The van der Waals surface area contributed by atoms with Gasteiger partial charge in [-0.1, -0.05) is 62.3 Å². The van der Waals surface area contributed by atoms with Gasteiger partial charge in [0.2, 0.25) is 0 Å². The zero-order valence-corrected chi connectivity index (χ0v) is 27.6. The van der Waals surface area contributed by atoms with Crippen molar-refractivity contribution in [3.8, 4) is 44.9 Å². The van der Waals surface area contributed by atoms with Crippen molar-refractivity contribution in [3.05, 3.63) is 88.0 Å². The van der Waals surface area contributed by atoms with Crippen LogP contribution in [0.5, 0.6) is 11.5 Å². The van der Waals surface area contributed by atoms with E-state index < -0.39 is 10.8 Å².